The van der Waals surface area contributed by atoms with Crippen molar-refractivity contribution in [3.05, 3.63) is 12.7 Å². The summed E-state index contributed by atoms with van der Waals surface area (Å²) >= 11 is 0. The van der Waals surface area contributed by atoms with E-state index in [0.29, 0.717) is 0 Å². The van der Waals surface area contributed by atoms with Crippen LogP contribution in [0.4, 0.5) is 0 Å². The largest absolute Gasteiger partial charge is 0.382 e. The molecule has 0 aromatic heterocycles. The molecule has 2 radical (unpaired) electrons. The van der Waals surface area contributed by atoms with Crippen molar-refractivity contribution in [2.45, 2.75) is 45.2 Å². The van der Waals surface area contributed by atoms with Crippen LogP contribution in [0.3, 0.4) is 0 Å². The van der Waals surface area contributed by atoms with Crippen LogP contribution in [0.5, 0.6) is 0 Å². The molecule has 0 spiro atoms. The lowest BCUT2D eigenvalue weighted by atomic mass is 9.69. The first kappa shape index (κ1) is 12.8. The van der Waals surface area contributed by atoms with Crippen LogP contribution in [0.25, 0.3) is 0 Å². The van der Waals surface area contributed by atoms with Crippen molar-refractivity contribution in [1.29, 1.82) is 0 Å². The van der Waals surface area contributed by atoms with Crippen LogP contribution in [0, 0.1) is 0 Å². The lowest BCUT2D eigenvalue weighted by Crippen LogP contribution is -1.94. The minimum Gasteiger partial charge on any atom is -0.382 e. The highest BCUT2D eigenvalue weighted by atomic mass is 16.5. The summed E-state index contributed by atoms with van der Waals surface area (Å²) in [5.74, 6) is 0. The Morgan fingerprint density at radius 3 is 2.77 bits per heavy atom. The molecule has 2 heteroatoms. The summed E-state index contributed by atoms with van der Waals surface area (Å²) < 4.78 is 5.26. The summed E-state index contributed by atoms with van der Waals surface area (Å²) in [6, 6.07) is 0. The summed E-state index contributed by atoms with van der Waals surface area (Å²) in [6.45, 7) is 7.52. The highest BCUT2D eigenvalue weighted by Gasteiger charge is 1.84. The van der Waals surface area contributed by atoms with E-state index in [1.54, 1.807) is 0 Å². The second-order valence-electron chi connectivity index (χ2n) is 3.20. The maximum atomic E-state index is 5.26. The van der Waals surface area contributed by atoms with Crippen molar-refractivity contribution in [3.63, 3.8) is 0 Å². The van der Waals surface area contributed by atoms with E-state index in [-0.39, 0.29) is 0 Å². The van der Waals surface area contributed by atoms with Crippen LogP contribution >= 0.6 is 0 Å². The third-order valence-corrected chi connectivity index (χ3v) is 1.98. The number of hydrogen-bond donors (Lipinski definition) is 0. The van der Waals surface area contributed by atoms with Gasteiger partial charge in [0.15, 0.2) is 0 Å². The van der Waals surface area contributed by atoms with Crippen LogP contribution < -0.4 is 0 Å². The summed E-state index contributed by atoms with van der Waals surface area (Å²) in [4.78, 5) is 0. The molecular formula is C11H22BO-. The fourth-order valence-corrected chi connectivity index (χ4v) is 1.19. The first-order valence-electron chi connectivity index (χ1n) is 5.42. The van der Waals surface area contributed by atoms with Gasteiger partial charge < -0.3 is 12.0 Å². The van der Waals surface area contributed by atoms with Gasteiger partial charge in [0.2, 0.25) is 0 Å². The van der Waals surface area contributed by atoms with E-state index in [0.717, 1.165) is 19.6 Å². The van der Waals surface area contributed by atoms with E-state index >= 15 is 0 Å². The molecule has 0 unspecified atom stereocenters. The number of ether oxygens (including phenoxy) is 1. The molecule has 0 aromatic rings. The standard InChI is InChI=1S/C11H22BO/c1-3-5-9-12-10-7-6-8-11-13-4-2/h3H,1,4-11H2,2H3/q-1. The molecule has 0 atom stereocenters. The van der Waals surface area contributed by atoms with Gasteiger partial charge in [0, 0.05) is 13.2 Å². The van der Waals surface area contributed by atoms with E-state index in [2.05, 4.69) is 13.9 Å². The second kappa shape index (κ2) is 11.8. The number of allylic oxidation sites excluding steroid dienone is 1. The maximum Gasteiger partial charge on any atom is 0.0465 e. The Morgan fingerprint density at radius 1 is 1.23 bits per heavy atom. The average molecular weight is 181 g/mol. The minimum atomic E-state index is 0.853. The van der Waals surface area contributed by atoms with Gasteiger partial charge in [0.1, 0.15) is 0 Å². The molecule has 0 rings (SSSR count). The Hall–Kier alpha value is -0.235. The van der Waals surface area contributed by atoms with Crippen LogP contribution in [0.15, 0.2) is 12.7 Å². The third kappa shape index (κ3) is 11.8. The van der Waals surface area contributed by atoms with Gasteiger partial charge in [-0.25, -0.2) is 12.6 Å². The van der Waals surface area contributed by atoms with Crippen LogP contribution in [0.1, 0.15) is 32.6 Å². The molecule has 0 fully saturated rings. The van der Waals surface area contributed by atoms with Crippen LogP contribution in [-0.2, 0) is 4.74 Å². The van der Waals surface area contributed by atoms with Gasteiger partial charge in [-0.05, 0) is 13.3 Å². The molecule has 0 N–H and O–H groups in total. The van der Waals surface area contributed by atoms with Gasteiger partial charge in [0.25, 0.3) is 0 Å². The molecule has 0 saturated carbocycles. The molecule has 0 amide bonds. The highest BCUT2D eigenvalue weighted by Crippen LogP contribution is 2.02. The van der Waals surface area contributed by atoms with E-state index in [1.807, 2.05) is 13.0 Å². The van der Waals surface area contributed by atoms with Crippen molar-refractivity contribution < 1.29 is 4.74 Å². The van der Waals surface area contributed by atoms with Gasteiger partial charge in [-0.15, -0.1) is 6.58 Å². The zero-order chi connectivity index (χ0) is 9.78. The minimum absolute atomic E-state index is 0.853. The number of unbranched alkanes of at least 4 members (excludes halogenated alkanes) is 2. The second-order valence-corrected chi connectivity index (χ2v) is 3.20. The molecule has 76 valence electrons. The average Bonchev–Trinajstić information content (AvgIpc) is 2.16. The van der Waals surface area contributed by atoms with Crippen LogP contribution in [-0.4, -0.2) is 20.5 Å². The Morgan fingerprint density at radius 2 is 2.08 bits per heavy atom. The summed E-state index contributed by atoms with van der Waals surface area (Å²) in [5, 5.41) is 0. The Balaban J connectivity index is 2.79. The third-order valence-electron chi connectivity index (χ3n) is 1.98. The molecule has 0 aromatic carbocycles. The quantitative estimate of drug-likeness (QED) is 0.285. The molecule has 0 saturated heterocycles. The van der Waals surface area contributed by atoms with Gasteiger partial charge in [-0.1, -0.05) is 25.3 Å². The SMILES string of the molecule is C=CCC[B-]CCCCCOCC. The first-order valence-corrected chi connectivity index (χ1v) is 5.42. The summed E-state index contributed by atoms with van der Waals surface area (Å²) in [5.41, 5.74) is 0. The predicted molar refractivity (Wildman–Crippen MR) is 60.5 cm³/mol. The smallest absolute Gasteiger partial charge is 0.0465 e. The first-order chi connectivity index (χ1) is 6.41. The highest BCUT2D eigenvalue weighted by molar-refractivity contribution is 6.35. The summed E-state index contributed by atoms with van der Waals surface area (Å²) in [7, 11) is 2.36. The fraction of sp³-hybridized carbons (Fsp3) is 0.818. The molecule has 0 aliphatic heterocycles. The Labute approximate surface area is 83.8 Å². The number of rotatable bonds is 10. The predicted octanol–water partition coefficient (Wildman–Crippen LogP) is 3.31. The van der Waals surface area contributed by atoms with Crippen molar-refractivity contribution in [3.8, 4) is 0 Å². The molecule has 0 heterocycles. The molecule has 0 aliphatic rings. The van der Waals surface area contributed by atoms with Crippen molar-refractivity contribution in [1.82, 2.24) is 0 Å². The molecule has 0 bridgehead atoms. The van der Waals surface area contributed by atoms with E-state index in [1.165, 1.54) is 31.9 Å². The lowest BCUT2D eigenvalue weighted by Gasteiger charge is -2.11. The van der Waals surface area contributed by atoms with Gasteiger partial charge in [-0.2, -0.15) is 0 Å². The molecule has 13 heavy (non-hydrogen) atoms. The lowest BCUT2D eigenvalue weighted by molar-refractivity contribution is 0.143. The Kier molecular flexibility index (Phi) is 11.6. The van der Waals surface area contributed by atoms with Crippen molar-refractivity contribution >= 4 is 7.28 Å². The van der Waals surface area contributed by atoms with Crippen LogP contribution in [0.2, 0.25) is 12.6 Å². The van der Waals surface area contributed by atoms with E-state index in [4.69, 9.17) is 4.74 Å². The number of hydrogen-bond acceptors (Lipinski definition) is 1. The monoisotopic (exact) mass is 181 g/mol. The van der Waals surface area contributed by atoms with Gasteiger partial charge in [-0.3, -0.25) is 0 Å². The maximum absolute atomic E-state index is 5.26. The molecule has 0 aliphatic carbocycles. The zero-order valence-corrected chi connectivity index (χ0v) is 8.93. The Bertz CT molecular complexity index is 104. The molecule has 1 nitrogen and oxygen atoms in total. The normalized spacial score (nSPS) is 10.2. The van der Waals surface area contributed by atoms with E-state index < -0.39 is 0 Å². The fourth-order valence-electron chi connectivity index (χ4n) is 1.19. The zero-order valence-electron chi connectivity index (χ0n) is 8.93. The van der Waals surface area contributed by atoms with Crippen molar-refractivity contribution in [2.24, 2.45) is 0 Å². The van der Waals surface area contributed by atoms with Crippen molar-refractivity contribution in [2.75, 3.05) is 13.2 Å². The summed E-state index contributed by atoms with van der Waals surface area (Å²) in [6.07, 6.45) is 9.36. The van der Waals surface area contributed by atoms with E-state index in [9.17, 15) is 0 Å². The van der Waals surface area contributed by atoms with Gasteiger partial charge >= 0.3 is 0 Å². The topological polar surface area (TPSA) is 9.23 Å². The molecular weight excluding hydrogens is 159 g/mol. The van der Waals surface area contributed by atoms with Gasteiger partial charge in [0.05, 0.1) is 0 Å².